The number of hydrogen-bond donors (Lipinski definition) is 4. The lowest BCUT2D eigenvalue weighted by molar-refractivity contribution is -0.137. The van der Waals surface area contributed by atoms with Crippen LogP contribution < -0.4 is 16.8 Å². The maximum Gasteiger partial charge on any atom is 0.287 e. The molecule has 29 heavy (non-hydrogen) atoms. The van der Waals surface area contributed by atoms with Crippen LogP contribution >= 0.6 is 11.3 Å². The lowest BCUT2D eigenvalue weighted by Crippen LogP contribution is -2.49. The summed E-state index contributed by atoms with van der Waals surface area (Å²) in [5.41, 5.74) is 11.3. The van der Waals surface area contributed by atoms with Gasteiger partial charge in [-0.25, -0.2) is 9.98 Å². The SMILES string of the molecule is N/C=C\C(=N\c1ccccn1)C(=O)NC(Cc1csc2[nH]ccc12)C(=O)C(N)=O. The molecule has 0 fully saturated rings. The van der Waals surface area contributed by atoms with Crippen molar-refractivity contribution in [2.24, 2.45) is 16.5 Å². The molecule has 0 radical (unpaired) electrons. The minimum atomic E-state index is -1.15. The van der Waals surface area contributed by atoms with Crippen LogP contribution in [0.15, 0.2) is 59.3 Å². The second kappa shape index (κ2) is 8.93. The summed E-state index contributed by atoms with van der Waals surface area (Å²) < 4.78 is 0. The Balaban J connectivity index is 1.86. The molecule has 9 nitrogen and oxygen atoms in total. The zero-order valence-electron chi connectivity index (χ0n) is 15.2. The van der Waals surface area contributed by atoms with Crippen molar-refractivity contribution in [1.82, 2.24) is 15.3 Å². The van der Waals surface area contributed by atoms with E-state index in [-0.39, 0.29) is 12.1 Å². The third-order valence-corrected chi connectivity index (χ3v) is 5.01. The predicted molar refractivity (Wildman–Crippen MR) is 111 cm³/mol. The molecule has 0 bridgehead atoms. The average molecular weight is 410 g/mol. The van der Waals surface area contributed by atoms with Crippen molar-refractivity contribution in [1.29, 1.82) is 0 Å². The minimum absolute atomic E-state index is 0.0643. The van der Waals surface area contributed by atoms with E-state index in [0.717, 1.165) is 22.0 Å². The van der Waals surface area contributed by atoms with E-state index in [9.17, 15) is 14.4 Å². The predicted octanol–water partition coefficient (Wildman–Crippen LogP) is 0.951. The lowest BCUT2D eigenvalue weighted by atomic mass is 10.0. The van der Waals surface area contributed by atoms with Crippen molar-refractivity contribution >= 4 is 50.7 Å². The van der Waals surface area contributed by atoms with Crippen LogP contribution in [0.3, 0.4) is 0 Å². The van der Waals surface area contributed by atoms with Crippen LogP contribution in [0.1, 0.15) is 5.56 Å². The molecule has 0 aliphatic heterocycles. The second-order valence-corrected chi connectivity index (χ2v) is 6.86. The number of aliphatic imine (C=N–C) groups is 1. The molecule has 0 spiro atoms. The lowest BCUT2D eigenvalue weighted by Gasteiger charge is -2.16. The number of nitrogens with one attached hydrogen (secondary N) is 2. The van der Waals surface area contributed by atoms with E-state index < -0.39 is 23.6 Å². The zero-order valence-corrected chi connectivity index (χ0v) is 16.0. The van der Waals surface area contributed by atoms with Gasteiger partial charge in [-0.3, -0.25) is 14.4 Å². The van der Waals surface area contributed by atoms with E-state index in [2.05, 4.69) is 20.3 Å². The molecule has 3 rings (SSSR count). The Bertz CT molecular complexity index is 1100. The largest absolute Gasteiger partial charge is 0.405 e. The number of Topliss-reactive ketones (excluding diaryl/α,β-unsaturated/α-hetero) is 1. The van der Waals surface area contributed by atoms with E-state index in [0.29, 0.717) is 5.82 Å². The molecule has 0 saturated heterocycles. The van der Waals surface area contributed by atoms with Crippen LogP contribution in [0.25, 0.3) is 10.2 Å². The highest BCUT2D eigenvalue weighted by Crippen LogP contribution is 2.25. The molecule has 0 saturated carbocycles. The molecular weight excluding hydrogens is 392 g/mol. The molecule has 0 aromatic carbocycles. The van der Waals surface area contributed by atoms with Gasteiger partial charge in [0.05, 0.1) is 4.83 Å². The van der Waals surface area contributed by atoms with Gasteiger partial charge in [0, 0.05) is 24.2 Å². The number of carbonyl (C=O) groups is 3. The van der Waals surface area contributed by atoms with Crippen molar-refractivity contribution in [3.05, 3.63) is 59.9 Å². The number of pyridine rings is 1. The quantitative estimate of drug-likeness (QED) is 0.321. The number of aromatic amines is 1. The smallest absolute Gasteiger partial charge is 0.287 e. The first-order chi connectivity index (χ1) is 14.0. The third kappa shape index (κ3) is 4.74. The van der Waals surface area contributed by atoms with E-state index in [1.165, 1.54) is 23.6 Å². The first-order valence-corrected chi connectivity index (χ1v) is 9.43. The van der Waals surface area contributed by atoms with Crippen molar-refractivity contribution in [3.63, 3.8) is 0 Å². The molecule has 3 heterocycles. The summed E-state index contributed by atoms with van der Waals surface area (Å²) in [4.78, 5) is 48.7. The summed E-state index contributed by atoms with van der Waals surface area (Å²) in [6.07, 6.45) is 5.84. The van der Waals surface area contributed by atoms with Gasteiger partial charge in [0.2, 0.25) is 5.78 Å². The molecule has 3 aromatic rings. The van der Waals surface area contributed by atoms with Crippen LogP contribution in [-0.2, 0) is 20.8 Å². The highest BCUT2D eigenvalue weighted by atomic mass is 32.1. The van der Waals surface area contributed by atoms with Gasteiger partial charge in [-0.05, 0) is 41.4 Å². The number of carbonyl (C=O) groups excluding carboxylic acids is 3. The van der Waals surface area contributed by atoms with Crippen molar-refractivity contribution < 1.29 is 14.4 Å². The number of hydrogen-bond acceptors (Lipinski definition) is 7. The minimum Gasteiger partial charge on any atom is -0.405 e. The van der Waals surface area contributed by atoms with E-state index >= 15 is 0 Å². The fourth-order valence-corrected chi connectivity index (χ4v) is 3.63. The Hall–Kier alpha value is -3.79. The maximum atomic E-state index is 12.7. The number of nitrogens with two attached hydrogens (primary N) is 2. The summed E-state index contributed by atoms with van der Waals surface area (Å²) in [5, 5.41) is 5.31. The number of fused-ring (bicyclic) bond motifs is 1. The highest BCUT2D eigenvalue weighted by Gasteiger charge is 2.27. The number of aromatic nitrogens is 2. The van der Waals surface area contributed by atoms with Gasteiger partial charge >= 0.3 is 0 Å². The highest BCUT2D eigenvalue weighted by molar-refractivity contribution is 7.17. The number of nitrogens with zero attached hydrogens (tertiary/aromatic N) is 2. The van der Waals surface area contributed by atoms with Crippen LogP contribution in [0, 0.1) is 0 Å². The maximum absolute atomic E-state index is 12.7. The Morgan fingerprint density at radius 2 is 2.14 bits per heavy atom. The fourth-order valence-electron chi connectivity index (χ4n) is 2.69. The Kier molecular flexibility index (Phi) is 6.15. The van der Waals surface area contributed by atoms with E-state index in [1.54, 1.807) is 24.4 Å². The number of primary amides is 1. The monoisotopic (exact) mass is 410 g/mol. The molecule has 10 heteroatoms. The first kappa shape index (κ1) is 20.0. The molecule has 6 N–H and O–H groups in total. The van der Waals surface area contributed by atoms with Gasteiger partial charge in [-0.2, -0.15) is 0 Å². The molecule has 0 aliphatic rings. The van der Waals surface area contributed by atoms with Gasteiger partial charge < -0.3 is 21.8 Å². The molecule has 2 amide bonds. The summed E-state index contributed by atoms with van der Waals surface area (Å²) in [7, 11) is 0. The van der Waals surface area contributed by atoms with Crippen LogP contribution in [-0.4, -0.2) is 39.3 Å². The van der Waals surface area contributed by atoms with Gasteiger partial charge in [-0.15, -0.1) is 11.3 Å². The first-order valence-electron chi connectivity index (χ1n) is 8.55. The number of amides is 2. The van der Waals surface area contributed by atoms with Crippen LogP contribution in [0.2, 0.25) is 0 Å². The Morgan fingerprint density at radius 1 is 1.31 bits per heavy atom. The van der Waals surface area contributed by atoms with E-state index in [1.807, 2.05) is 11.4 Å². The molecular formula is C19H18N6O3S. The van der Waals surface area contributed by atoms with E-state index in [4.69, 9.17) is 11.5 Å². The van der Waals surface area contributed by atoms with Gasteiger partial charge in [0.15, 0.2) is 5.82 Å². The summed E-state index contributed by atoms with van der Waals surface area (Å²) in [6, 6.07) is 5.75. The summed E-state index contributed by atoms with van der Waals surface area (Å²) in [6.45, 7) is 0. The molecule has 1 atom stereocenters. The summed E-state index contributed by atoms with van der Waals surface area (Å²) in [5.74, 6) is -2.42. The number of ketones is 1. The van der Waals surface area contributed by atoms with Gasteiger partial charge in [0.1, 0.15) is 11.8 Å². The topological polar surface area (TPSA) is 156 Å². The zero-order chi connectivity index (χ0) is 20.8. The summed E-state index contributed by atoms with van der Waals surface area (Å²) >= 11 is 1.46. The van der Waals surface area contributed by atoms with Crippen molar-refractivity contribution in [2.45, 2.75) is 12.5 Å². The molecule has 1 unspecified atom stereocenters. The number of rotatable bonds is 8. The van der Waals surface area contributed by atoms with Crippen molar-refractivity contribution in [3.8, 4) is 0 Å². The molecule has 148 valence electrons. The standard InChI is InChI=1S/C19H18N6O3S/c20-6-4-13(24-15-3-1-2-7-22-15)18(28)25-14(16(26)17(21)27)9-11-10-29-19-12(11)5-8-23-19/h1-8,10,14,23H,9,20H2,(H2,21,27)(H,25,28)/b6-4-,24-13-. The third-order valence-electron chi connectivity index (χ3n) is 4.03. The Labute approximate surface area is 169 Å². The number of thiophene rings is 1. The van der Waals surface area contributed by atoms with Crippen LogP contribution in [0.5, 0.6) is 0 Å². The van der Waals surface area contributed by atoms with Gasteiger partial charge in [0.25, 0.3) is 11.8 Å². The fraction of sp³-hybridized carbons (Fsp3) is 0.105. The normalized spacial score (nSPS) is 12.9. The molecule has 3 aromatic heterocycles. The average Bonchev–Trinajstić information content (AvgIpc) is 3.32. The van der Waals surface area contributed by atoms with Crippen LogP contribution in [0.4, 0.5) is 5.82 Å². The van der Waals surface area contributed by atoms with Crippen molar-refractivity contribution in [2.75, 3.05) is 0 Å². The second-order valence-electron chi connectivity index (χ2n) is 5.98. The molecule has 0 aliphatic carbocycles. The number of H-pyrrole nitrogens is 1. The van der Waals surface area contributed by atoms with Gasteiger partial charge in [-0.1, -0.05) is 6.07 Å². The Morgan fingerprint density at radius 3 is 2.83 bits per heavy atom.